The first-order valence-corrected chi connectivity index (χ1v) is 5.65. The molecule has 2 aromatic rings. The normalized spacial score (nSPS) is 10.8. The molecule has 0 radical (unpaired) electrons. The molecule has 0 spiro atoms. The molecule has 80 valence electrons. The SMILES string of the molecule is O=C(/C=C/c1cccs1)c1ccc(F)cc1. The maximum Gasteiger partial charge on any atom is 0.185 e. The molecule has 0 fully saturated rings. The van der Waals surface area contributed by atoms with E-state index in [0.717, 1.165) is 4.88 Å². The summed E-state index contributed by atoms with van der Waals surface area (Å²) in [6.07, 6.45) is 3.26. The first-order valence-electron chi connectivity index (χ1n) is 4.77. The zero-order valence-corrected chi connectivity index (χ0v) is 9.21. The number of hydrogen-bond acceptors (Lipinski definition) is 2. The van der Waals surface area contributed by atoms with E-state index in [9.17, 15) is 9.18 Å². The average Bonchev–Trinajstić information content (AvgIpc) is 2.80. The molecule has 0 bridgehead atoms. The highest BCUT2D eigenvalue weighted by Gasteiger charge is 2.01. The fourth-order valence-electron chi connectivity index (χ4n) is 1.25. The highest BCUT2D eigenvalue weighted by Crippen LogP contribution is 2.11. The van der Waals surface area contributed by atoms with E-state index in [1.807, 2.05) is 17.5 Å². The summed E-state index contributed by atoms with van der Waals surface area (Å²) < 4.78 is 12.6. The summed E-state index contributed by atoms with van der Waals surface area (Å²) in [6, 6.07) is 9.39. The number of rotatable bonds is 3. The van der Waals surface area contributed by atoms with Crippen LogP contribution >= 0.6 is 11.3 Å². The molecular weight excluding hydrogens is 223 g/mol. The Labute approximate surface area is 96.9 Å². The largest absolute Gasteiger partial charge is 0.289 e. The first-order chi connectivity index (χ1) is 7.75. The Kier molecular flexibility index (Phi) is 3.27. The van der Waals surface area contributed by atoms with E-state index in [4.69, 9.17) is 0 Å². The van der Waals surface area contributed by atoms with Crippen molar-refractivity contribution in [2.24, 2.45) is 0 Å². The van der Waals surface area contributed by atoms with Crippen LogP contribution in [0.5, 0.6) is 0 Å². The van der Waals surface area contributed by atoms with Gasteiger partial charge in [0.2, 0.25) is 0 Å². The minimum atomic E-state index is -0.334. The summed E-state index contributed by atoms with van der Waals surface area (Å²) in [5.41, 5.74) is 0.495. The van der Waals surface area contributed by atoms with E-state index < -0.39 is 0 Å². The zero-order valence-electron chi connectivity index (χ0n) is 8.39. The maximum absolute atomic E-state index is 12.6. The van der Waals surface area contributed by atoms with Gasteiger partial charge in [-0.2, -0.15) is 0 Å². The average molecular weight is 232 g/mol. The van der Waals surface area contributed by atoms with Crippen LogP contribution in [0.4, 0.5) is 4.39 Å². The van der Waals surface area contributed by atoms with E-state index in [0.29, 0.717) is 5.56 Å². The van der Waals surface area contributed by atoms with Crippen LogP contribution in [-0.4, -0.2) is 5.78 Å². The second kappa shape index (κ2) is 4.86. The lowest BCUT2D eigenvalue weighted by atomic mass is 10.1. The molecule has 0 aliphatic rings. The van der Waals surface area contributed by atoms with Crippen LogP contribution in [0.25, 0.3) is 6.08 Å². The van der Waals surface area contributed by atoms with Crippen LogP contribution in [0.1, 0.15) is 15.2 Å². The van der Waals surface area contributed by atoms with Gasteiger partial charge in [0.15, 0.2) is 5.78 Å². The van der Waals surface area contributed by atoms with Gasteiger partial charge in [0, 0.05) is 10.4 Å². The summed E-state index contributed by atoms with van der Waals surface area (Å²) >= 11 is 1.56. The van der Waals surface area contributed by atoms with Crippen LogP contribution in [-0.2, 0) is 0 Å². The second-order valence-electron chi connectivity index (χ2n) is 3.22. The molecule has 0 saturated heterocycles. The highest BCUT2D eigenvalue weighted by molar-refractivity contribution is 7.10. The van der Waals surface area contributed by atoms with Crippen molar-refractivity contribution in [1.29, 1.82) is 0 Å². The summed E-state index contributed by atoms with van der Waals surface area (Å²) in [7, 11) is 0. The number of carbonyl (C=O) groups is 1. The van der Waals surface area contributed by atoms with Crippen LogP contribution in [0.2, 0.25) is 0 Å². The van der Waals surface area contributed by atoms with Gasteiger partial charge in [-0.15, -0.1) is 11.3 Å². The lowest BCUT2D eigenvalue weighted by Crippen LogP contribution is -1.93. The predicted molar refractivity (Wildman–Crippen MR) is 64.1 cm³/mol. The van der Waals surface area contributed by atoms with Gasteiger partial charge in [-0.25, -0.2) is 4.39 Å². The Morgan fingerprint density at radius 2 is 1.94 bits per heavy atom. The van der Waals surface area contributed by atoms with Crippen LogP contribution < -0.4 is 0 Å². The maximum atomic E-state index is 12.6. The van der Waals surface area contributed by atoms with E-state index in [-0.39, 0.29) is 11.6 Å². The number of ketones is 1. The molecule has 1 aromatic carbocycles. The van der Waals surface area contributed by atoms with Gasteiger partial charge in [-0.3, -0.25) is 4.79 Å². The van der Waals surface area contributed by atoms with Crippen molar-refractivity contribution in [2.75, 3.05) is 0 Å². The monoisotopic (exact) mass is 232 g/mol. The zero-order chi connectivity index (χ0) is 11.4. The van der Waals surface area contributed by atoms with Crippen LogP contribution in [0.15, 0.2) is 47.9 Å². The van der Waals surface area contributed by atoms with Crippen LogP contribution in [0, 0.1) is 5.82 Å². The molecule has 0 aliphatic carbocycles. The smallest absolute Gasteiger partial charge is 0.185 e. The van der Waals surface area contributed by atoms with Gasteiger partial charge < -0.3 is 0 Å². The molecule has 2 rings (SSSR count). The highest BCUT2D eigenvalue weighted by atomic mass is 32.1. The van der Waals surface area contributed by atoms with E-state index >= 15 is 0 Å². The number of benzene rings is 1. The topological polar surface area (TPSA) is 17.1 Å². The predicted octanol–water partition coefficient (Wildman–Crippen LogP) is 3.78. The summed E-state index contributed by atoms with van der Waals surface area (Å²) in [6.45, 7) is 0. The van der Waals surface area contributed by atoms with Crippen molar-refractivity contribution < 1.29 is 9.18 Å². The van der Waals surface area contributed by atoms with Gasteiger partial charge in [0.05, 0.1) is 0 Å². The van der Waals surface area contributed by atoms with Crippen LogP contribution in [0.3, 0.4) is 0 Å². The fraction of sp³-hybridized carbons (Fsp3) is 0. The Balaban J connectivity index is 2.11. The van der Waals surface area contributed by atoms with E-state index in [1.54, 1.807) is 17.4 Å². The molecule has 1 heterocycles. The van der Waals surface area contributed by atoms with Gasteiger partial charge >= 0.3 is 0 Å². The Morgan fingerprint density at radius 3 is 2.56 bits per heavy atom. The molecule has 1 aromatic heterocycles. The van der Waals surface area contributed by atoms with Gasteiger partial charge in [0.1, 0.15) is 5.82 Å². The van der Waals surface area contributed by atoms with E-state index in [2.05, 4.69) is 0 Å². The molecule has 0 atom stereocenters. The lowest BCUT2D eigenvalue weighted by molar-refractivity contribution is 0.104. The van der Waals surface area contributed by atoms with Gasteiger partial charge in [0.25, 0.3) is 0 Å². The molecule has 0 saturated carbocycles. The van der Waals surface area contributed by atoms with Gasteiger partial charge in [-0.05, 0) is 47.9 Å². The standard InChI is InChI=1S/C13H9FOS/c14-11-5-3-10(4-6-11)13(15)8-7-12-2-1-9-16-12/h1-9H/b8-7+. The molecule has 0 amide bonds. The summed E-state index contributed by atoms with van der Waals surface area (Å²) in [5, 5.41) is 1.95. The number of hydrogen-bond donors (Lipinski definition) is 0. The third-order valence-electron chi connectivity index (χ3n) is 2.07. The molecule has 0 aliphatic heterocycles. The van der Waals surface area contributed by atoms with Crippen molar-refractivity contribution >= 4 is 23.2 Å². The number of halogens is 1. The minimum Gasteiger partial charge on any atom is -0.289 e. The quantitative estimate of drug-likeness (QED) is 0.581. The number of allylic oxidation sites excluding steroid dienone is 1. The third kappa shape index (κ3) is 2.64. The van der Waals surface area contributed by atoms with E-state index in [1.165, 1.54) is 30.3 Å². The molecular formula is C13H9FOS. The number of carbonyl (C=O) groups excluding carboxylic acids is 1. The third-order valence-corrected chi connectivity index (χ3v) is 2.91. The van der Waals surface area contributed by atoms with Crippen molar-refractivity contribution in [3.8, 4) is 0 Å². The van der Waals surface area contributed by atoms with Crippen molar-refractivity contribution in [1.82, 2.24) is 0 Å². The Morgan fingerprint density at radius 1 is 1.19 bits per heavy atom. The fourth-order valence-corrected chi connectivity index (χ4v) is 1.87. The molecule has 16 heavy (non-hydrogen) atoms. The van der Waals surface area contributed by atoms with Gasteiger partial charge in [-0.1, -0.05) is 6.07 Å². The Bertz CT molecular complexity index is 497. The molecule has 1 nitrogen and oxygen atoms in total. The lowest BCUT2D eigenvalue weighted by Gasteiger charge is -1.94. The second-order valence-corrected chi connectivity index (χ2v) is 4.20. The minimum absolute atomic E-state index is 0.117. The van der Waals surface area contributed by atoms with Crippen molar-refractivity contribution in [2.45, 2.75) is 0 Å². The summed E-state index contributed by atoms with van der Waals surface area (Å²) in [5.74, 6) is -0.452. The Hall–Kier alpha value is -1.74. The molecule has 3 heteroatoms. The molecule has 0 N–H and O–H groups in total. The number of thiophene rings is 1. The molecule has 0 unspecified atom stereocenters. The first kappa shape index (κ1) is 10.8. The van der Waals surface area contributed by atoms with Crippen molar-refractivity contribution in [3.63, 3.8) is 0 Å². The summed E-state index contributed by atoms with van der Waals surface area (Å²) in [4.78, 5) is 12.7. The van der Waals surface area contributed by atoms with Crippen molar-refractivity contribution in [3.05, 3.63) is 64.1 Å².